The van der Waals surface area contributed by atoms with Crippen molar-refractivity contribution in [1.82, 2.24) is 0 Å². The lowest BCUT2D eigenvalue weighted by Crippen LogP contribution is -2.36. The minimum absolute atomic E-state index is 0.0433. The van der Waals surface area contributed by atoms with Gasteiger partial charge in [-0.3, -0.25) is 0 Å². The third kappa shape index (κ3) is 7.04. The number of fused-ring (bicyclic) bond motifs is 9. The largest absolute Gasteiger partial charge is 0.506 e. The maximum absolute atomic E-state index is 11.2. The number of phenolic OH excluding ortho intramolecular Hbond substituents is 2. The predicted octanol–water partition coefficient (Wildman–Crippen LogP) is 6.26. The molecule has 4 rings (SSSR count). The lowest BCUT2D eigenvalue weighted by molar-refractivity contribution is 0.0490. The Kier molecular flexibility index (Phi) is 10.1. The summed E-state index contributed by atoms with van der Waals surface area (Å²) in [6.07, 6.45) is 13.8. The molecule has 6 N–H and O–H groups in total. The first kappa shape index (κ1) is 29.0. The smallest absolute Gasteiger partial charge is 0.177 e. The average molecular weight is 522 g/mol. The van der Waals surface area contributed by atoms with Crippen LogP contribution >= 0.6 is 0 Å². The fourth-order valence-electron chi connectivity index (χ4n) is 5.04. The summed E-state index contributed by atoms with van der Waals surface area (Å²) >= 11 is 0. The molecule has 0 amide bonds. The van der Waals surface area contributed by atoms with E-state index in [1.807, 2.05) is 19.1 Å². The van der Waals surface area contributed by atoms with Crippen LogP contribution in [0.15, 0.2) is 78.9 Å². The van der Waals surface area contributed by atoms with E-state index in [0.29, 0.717) is 35.6 Å². The van der Waals surface area contributed by atoms with Crippen molar-refractivity contribution >= 4 is 11.4 Å². The number of nitrogens with two attached hydrogens (primary N) is 1. The second kappa shape index (κ2) is 13.3. The summed E-state index contributed by atoms with van der Waals surface area (Å²) in [6.45, 7) is 16.2. The molecule has 1 aromatic carbocycles. The number of allylic oxidation sites excluding steroid dienone is 4. The van der Waals surface area contributed by atoms with Gasteiger partial charge in [0.1, 0.15) is 17.6 Å². The first-order valence-electron chi connectivity index (χ1n) is 13.2. The van der Waals surface area contributed by atoms with Crippen LogP contribution in [0.25, 0.3) is 0 Å². The minimum Gasteiger partial charge on any atom is -0.506 e. The van der Waals surface area contributed by atoms with Crippen LogP contribution in [0.5, 0.6) is 11.5 Å². The van der Waals surface area contributed by atoms with Gasteiger partial charge in [-0.25, -0.2) is 0 Å². The van der Waals surface area contributed by atoms with Crippen molar-refractivity contribution in [3.8, 4) is 11.5 Å². The Morgan fingerprint density at radius 2 is 2.11 bits per heavy atom. The number of hydrogen-bond acceptors (Lipinski definition) is 7. The zero-order valence-corrected chi connectivity index (χ0v) is 22.9. The van der Waals surface area contributed by atoms with Gasteiger partial charge in [0.15, 0.2) is 5.88 Å². The maximum Gasteiger partial charge on any atom is 0.177 e. The highest BCUT2D eigenvalue weighted by atomic mass is 16.5. The SMILES string of the molecule is C=CCNc1c(O)cc2c(O)c1CCCC(OC)C(C)C/C=C1\CC(/C=C\C=C(/C)C(=C)N2)C1OC(=C)N. The normalized spacial score (nSPS) is 27.9. The number of aromatic hydroxyl groups is 2. The highest BCUT2D eigenvalue weighted by Crippen LogP contribution is 2.43. The summed E-state index contributed by atoms with van der Waals surface area (Å²) in [4.78, 5) is 0. The lowest BCUT2D eigenvalue weighted by atomic mass is 9.75. The number of anilines is 2. The van der Waals surface area contributed by atoms with Gasteiger partial charge in [0.25, 0.3) is 0 Å². The molecule has 4 atom stereocenters. The van der Waals surface area contributed by atoms with E-state index in [4.69, 9.17) is 15.2 Å². The number of phenols is 2. The third-order valence-corrected chi connectivity index (χ3v) is 7.38. The standard InChI is InChI=1S/C31H43N3O4/c1-7-16-33-29-25-12-9-13-28(37-6)20(3)14-15-24-17-23(31(24)38-22(5)32)11-8-10-19(2)21(4)34-26(30(25)36)18-27(29)35/h7-8,10-11,15,18,20,23,28,31,33-36H,1,4-5,9,12-14,16-17,32H2,2-3,6H3/b11-8-,19-10+,24-15+. The Hall–Kier alpha value is -3.58. The van der Waals surface area contributed by atoms with Gasteiger partial charge in [0, 0.05) is 36.9 Å². The molecule has 0 radical (unpaired) electrons. The second-order valence-electron chi connectivity index (χ2n) is 10.2. The Bertz CT molecular complexity index is 1130. The maximum atomic E-state index is 11.2. The fourth-order valence-corrected chi connectivity index (χ4v) is 5.04. The molecule has 2 heterocycles. The van der Waals surface area contributed by atoms with E-state index in [9.17, 15) is 10.2 Å². The van der Waals surface area contributed by atoms with E-state index in [1.54, 1.807) is 13.2 Å². The highest BCUT2D eigenvalue weighted by molar-refractivity contribution is 5.77. The molecule has 7 heteroatoms. The Balaban J connectivity index is 1.96. The molecule has 4 bridgehead atoms. The van der Waals surface area contributed by atoms with Crippen LogP contribution in [0.1, 0.15) is 45.1 Å². The molecule has 0 saturated heterocycles. The second-order valence-corrected chi connectivity index (χ2v) is 10.2. The summed E-state index contributed by atoms with van der Waals surface area (Å²) in [5.74, 6) is 0.843. The summed E-state index contributed by atoms with van der Waals surface area (Å²) in [6, 6.07) is 1.52. The molecule has 0 spiro atoms. The summed E-state index contributed by atoms with van der Waals surface area (Å²) in [5.41, 5.74) is 10.1. The van der Waals surface area contributed by atoms with Crippen LogP contribution in [-0.2, 0) is 15.9 Å². The first-order valence-corrected chi connectivity index (χ1v) is 13.2. The fraction of sp³-hybridized carbons (Fsp3) is 0.419. The number of hydrogen-bond donors (Lipinski definition) is 5. The van der Waals surface area contributed by atoms with Crippen LogP contribution < -0.4 is 16.4 Å². The van der Waals surface area contributed by atoms with Crippen molar-refractivity contribution in [2.45, 2.75) is 58.2 Å². The molecule has 1 aliphatic carbocycles. The zero-order chi connectivity index (χ0) is 27.8. The van der Waals surface area contributed by atoms with Gasteiger partial charge in [-0.1, -0.05) is 43.9 Å². The van der Waals surface area contributed by atoms with Crippen molar-refractivity contribution in [3.63, 3.8) is 0 Å². The van der Waals surface area contributed by atoms with Crippen LogP contribution in [0, 0.1) is 11.8 Å². The molecule has 1 aromatic rings. The van der Waals surface area contributed by atoms with Gasteiger partial charge in [0.05, 0.1) is 17.5 Å². The van der Waals surface area contributed by atoms with Gasteiger partial charge in [-0.2, -0.15) is 0 Å². The van der Waals surface area contributed by atoms with Crippen molar-refractivity contribution in [2.75, 3.05) is 24.3 Å². The van der Waals surface area contributed by atoms with Crippen molar-refractivity contribution in [3.05, 3.63) is 84.5 Å². The number of methoxy groups -OCH3 is 1. The van der Waals surface area contributed by atoms with Crippen molar-refractivity contribution in [2.24, 2.45) is 17.6 Å². The highest BCUT2D eigenvalue weighted by Gasteiger charge is 2.36. The number of rotatable bonds is 6. The molecule has 38 heavy (non-hydrogen) atoms. The quantitative estimate of drug-likeness (QED) is 0.130. The Morgan fingerprint density at radius 3 is 2.79 bits per heavy atom. The van der Waals surface area contributed by atoms with Crippen LogP contribution in [0.4, 0.5) is 11.4 Å². The topological polar surface area (TPSA) is 109 Å². The van der Waals surface area contributed by atoms with Gasteiger partial charge >= 0.3 is 0 Å². The molecular weight excluding hydrogens is 478 g/mol. The van der Waals surface area contributed by atoms with E-state index in [0.717, 1.165) is 31.3 Å². The summed E-state index contributed by atoms with van der Waals surface area (Å²) in [5, 5.41) is 28.4. The van der Waals surface area contributed by atoms with Crippen LogP contribution in [-0.4, -0.2) is 36.1 Å². The average Bonchev–Trinajstić information content (AvgIpc) is 2.87. The predicted molar refractivity (Wildman–Crippen MR) is 156 cm³/mol. The summed E-state index contributed by atoms with van der Waals surface area (Å²) < 4.78 is 11.7. The minimum atomic E-state index is -0.114. The first-order chi connectivity index (χ1) is 18.2. The Labute approximate surface area is 227 Å². The number of benzene rings is 1. The number of ether oxygens (including phenoxy) is 2. The molecule has 4 unspecified atom stereocenters. The van der Waals surface area contributed by atoms with Gasteiger partial charge in [-0.05, 0) is 62.7 Å². The van der Waals surface area contributed by atoms with Gasteiger partial charge in [-0.15, -0.1) is 6.58 Å². The molecule has 7 nitrogen and oxygen atoms in total. The zero-order valence-electron chi connectivity index (χ0n) is 22.9. The van der Waals surface area contributed by atoms with Gasteiger partial charge < -0.3 is 36.1 Å². The van der Waals surface area contributed by atoms with Crippen molar-refractivity contribution in [1.29, 1.82) is 0 Å². The molecule has 3 aliphatic rings. The van der Waals surface area contributed by atoms with E-state index >= 15 is 0 Å². The summed E-state index contributed by atoms with van der Waals surface area (Å²) in [7, 11) is 1.74. The van der Waals surface area contributed by atoms with E-state index < -0.39 is 0 Å². The monoisotopic (exact) mass is 521 g/mol. The lowest BCUT2D eigenvalue weighted by Gasteiger charge is -2.38. The molecule has 1 saturated carbocycles. The molecule has 2 aliphatic heterocycles. The molecule has 1 fully saturated rings. The third-order valence-electron chi connectivity index (χ3n) is 7.38. The van der Waals surface area contributed by atoms with Crippen molar-refractivity contribution < 1.29 is 19.7 Å². The van der Waals surface area contributed by atoms with E-state index in [2.05, 4.69) is 49.4 Å². The Morgan fingerprint density at radius 1 is 1.34 bits per heavy atom. The molecule has 0 aromatic heterocycles. The van der Waals surface area contributed by atoms with Crippen LogP contribution in [0.3, 0.4) is 0 Å². The number of nitrogens with one attached hydrogen (secondary N) is 2. The molecule has 206 valence electrons. The van der Waals surface area contributed by atoms with E-state index in [-0.39, 0.29) is 41.4 Å². The van der Waals surface area contributed by atoms with Gasteiger partial charge in [0.2, 0.25) is 0 Å². The van der Waals surface area contributed by atoms with Crippen LogP contribution in [0.2, 0.25) is 0 Å². The van der Waals surface area contributed by atoms with E-state index in [1.165, 1.54) is 11.6 Å². The molecular formula is C31H43N3O4.